The highest BCUT2D eigenvalue weighted by Gasteiger charge is 2.24. The summed E-state index contributed by atoms with van der Waals surface area (Å²) in [6.45, 7) is 3.40. The zero-order valence-electron chi connectivity index (χ0n) is 11.3. The minimum atomic E-state index is -3.91. The van der Waals surface area contributed by atoms with Crippen LogP contribution in [0.2, 0.25) is 0 Å². The van der Waals surface area contributed by atoms with E-state index in [1.54, 1.807) is 13.8 Å². The Balaban J connectivity index is 3.08. The van der Waals surface area contributed by atoms with Gasteiger partial charge in [-0.3, -0.25) is 4.79 Å². The van der Waals surface area contributed by atoms with Crippen molar-refractivity contribution in [2.75, 3.05) is 0 Å². The van der Waals surface area contributed by atoms with E-state index < -0.39 is 22.0 Å². The van der Waals surface area contributed by atoms with E-state index in [0.29, 0.717) is 17.5 Å². The second kappa shape index (κ2) is 6.50. The Labute approximate surface area is 118 Å². The van der Waals surface area contributed by atoms with Crippen LogP contribution in [0.4, 0.5) is 0 Å². The van der Waals surface area contributed by atoms with Crippen LogP contribution in [0.3, 0.4) is 0 Å². The van der Waals surface area contributed by atoms with Crippen LogP contribution in [0.15, 0.2) is 23.1 Å². The van der Waals surface area contributed by atoms with E-state index in [1.165, 1.54) is 18.2 Å². The minimum Gasteiger partial charge on any atom is -0.480 e. The van der Waals surface area contributed by atoms with Gasteiger partial charge in [0.2, 0.25) is 10.0 Å². The Morgan fingerprint density at radius 2 is 2.15 bits per heavy atom. The fourth-order valence-electron chi connectivity index (χ4n) is 1.71. The zero-order chi connectivity index (χ0) is 15.3. The summed E-state index contributed by atoms with van der Waals surface area (Å²) in [5, 5.41) is 17.8. The maximum Gasteiger partial charge on any atom is 0.321 e. The Kier molecular flexibility index (Phi) is 5.25. The van der Waals surface area contributed by atoms with Crippen molar-refractivity contribution in [3.05, 3.63) is 29.3 Å². The van der Waals surface area contributed by atoms with Gasteiger partial charge in [-0.1, -0.05) is 13.3 Å². The Morgan fingerprint density at radius 1 is 1.50 bits per heavy atom. The first kappa shape index (κ1) is 16.1. The van der Waals surface area contributed by atoms with Crippen LogP contribution in [0, 0.1) is 18.3 Å². The van der Waals surface area contributed by atoms with Crippen molar-refractivity contribution in [3.63, 3.8) is 0 Å². The van der Waals surface area contributed by atoms with Crippen LogP contribution >= 0.6 is 0 Å². The summed E-state index contributed by atoms with van der Waals surface area (Å²) in [5.41, 5.74) is 0.907. The Hall–Kier alpha value is -1.91. The standard InChI is InChI=1S/C13H16N2O4S/c1-3-4-12(13(16)17)15-20(18,19)11-6-5-10(8-14)9(2)7-11/h5-7,12,15H,3-4H2,1-2H3,(H,16,17)/t12-/m1/s1. The Bertz CT molecular complexity index is 647. The molecule has 0 fully saturated rings. The summed E-state index contributed by atoms with van der Waals surface area (Å²) in [5.74, 6) is -1.21. The van der Waals surface area contributed by atoms with Crippen molar-refractivity contribution >= 4 is 16.0 Å². The van der Waals surface area contributed by atoms with Gasteiger partial charge in [0, 0.05) is 0 Å². The molecule has 0 unspecified atom stereocenters. The Morgan fingerprint density at radius 3 is 2.60 bits per heavy atom. The molecule has 0 amide bonds. The number of carbonyl (C=O) groups is 1. The van der Waals surface area contributed by atoms with Gasteiger partial charge in [-0.05, 0) is 37.1 Å². The summed E-state index contributed by atoms with van der Waals surface area (Å²) in [7, 11) is -3.91. The normalized spacial score (nSPS) is 12.7. The van der Waals surface area contributed by atoms with E-state index in [2.05, 4.69) is 4.72 Å². The molecule has 0 aliphatic heterocycles. The number of sulfonamides is 1. The third-order valence-corrected chi connectivity index (χ3v) is 4.27. The molecule has 0 saturated heterocycles. The largest absolute Gasteiger partial charge is 0.480 e. The van der Waals surface area contributed by atoms with E-state index in [9.17, 15) is 13.2 Å². The number of nitriles is 1. The maximum atomic E-state index is 12.1. The zero-order valence-corrected chi connectivity index (χ0v) is 12.1. The molecule has 0 radical (unpaired) electrons. The van der Waals surface area contributed by atoms with E-state index >= 15 is 0 Å². The van der Waals surface area contributed by atoms with E-state index in [1.807, 2.05) is 6.07 Å². The first-order valence-electron chi connectivity index (χ1n) is 6.07. The van der Waals surface area contributed by atoms with Gasteiger partial charge < -0.3 is 5.11 Å². The fraction of sp³-hybridized carbons (Fsp3) is 0.385. The molecule has 0 spiro atoms. The van der Waals surface area contributed by atoms with Gasteiger partial charge in [-0.25, -0.2) is 8.42 Å². The monoisotopic (exact) mass is 296 g/mol. The molecule has 108 valence electrons. The highest BCUT2D eigenvalue weighted by Crippen LogP contribution is 2.15. The number of carboxylic acids is 1. The second-order valence-corrected chi connectivity index (χ2v) is 6.10. The van der Waals surface area contributed by atoms with Crippen LogP contribution in [0.5, 0.6) is 0 Å². The summed E-state index contributed by atoms with van der Waals surface area (Å²) < 4.78 is 26.4. The molecular formula is C13H16N2O4S. The predicted molar refractivity (Wildman–Crippen MR) is 72.5 cm³/mol. The SMILES string of the molecule is CCC[C@@H](NS(=O)(=O)c1ccc(C#N)c(C)c1)C(=O)O. The second-order valence-electron chi connectivity index (χ2n) is 4.39. The molecule has 1 rings (SSSR count). The van der Waals surface area contributed by atoms with Crippen molar-refractivity contribution in [2.45, 2.75) is 37.6 Å². The van der Waals surface area contributed by atoms with Crippen LogP contribution < -0.4 is 4.72 Å². The number of hydrogen-bond donors (Lipinski definition) is 2. The quantitative estimate of drug-likeness (QED) is 0.825. The molecule has 0 heterocycles. The van der Waals surface area contributed by atoms with Gasteiger partial charge in [0.25, 0.3) is 0 Å². The highest BCUT2D eigenvalue weighted by molar-refractivity contribution is 7.89. The van der Waals surface area contributed by atoms with Crippen molar-refractivity contribution in [1.82, 2.24) is 4.72 Å². The first-order chi connectivity index (χ1) is 9.31. The lowest BCUT2D eigenvalue weighted by Crippen LogP contribution is -2.40. The molecule has 0 saturated carbocycles. The molecule has 0 aliphatic carbocycles. The van der Waals surface area contributed by atoms with E-state index in [0.717, 1.165) is 0 Å². The lowest BCUT2D eigenvalue weighted by atomic mass is 10.1. The van der Waals surface area contributed by atoms with E-state index in [4.69, 9.17) is 10.4 Å². The minimum absolute atomic E-state index is 0.0450. The number of hydrogen-bond acceptors (Lipinski definition) is 4. The molecule has 1 aromatic rings. The van der Waals surface area contributed by atoms with Gasteiger partial charge in [0.15, 0.2) is 0 Å². The third kappa shape index (κ3) is 3.79. The average Bonchev–Trinajstić information content (AvgIpc) is 2.37. The van der Waals surface area contributed by atoms with Gasteiger partial charge in [-0.15, -0.1) is 0 Å². The lowest BCUT2D eigenvalue weighted by Gasteiger charge is -2.14. The molecule has 7 heteroatoms. The van der Waals surface area contributed by atoms with Crippen LogP contribution in [0.25, 0.3) is 0 Å². The molecule has 0 aromatic heterocycles. The molecule has 6 nitrogen and oxygen atoms in total. The van der Waals surface area contributed by atoms with Crippen molar-refractivity contribution < 1.29 is 18.3 Å². The molecule has 0 bridgehead atoms. The van der Waals surface area contributed by atoms with E-state index in [-0.39, 0.29) is 11.3 Å². The number of carboxylic acid groups (broad SMARTS) is 1. The summed E-state index contributed by atoms with van der Waals surface area (Å²) in [6, 6.07) is 4.84. The van der Waals surface area contributed by atoms with Crippen molar-refractivity contribution in [2.24, 2.45) is 0 Å². The fourth-order valence-corrected chi connectivity index (χ4v) is 3.01. The number of aliphatic carboxylic acids is 1. The first-order valence-corrected chi connectivity index (χ1v) is 7.56. The van der Waals surface area contributed by atoms with Gasteiger partial charge in [-0.2, -0.15) is 9.98 Å². The topological polar surface area (TPSA) is 107 Å². The molecular weight excluding hydrogens is 280 g/mol. The number of benzene rings is 1. The van der Waals surface area contributed by atoms with Gasteiger partial charge in [0.1, 0.15) is 6.04 Å². The van der Waals surface area contributed by atoms with Gasteiger partial charge >= 0.3 is 5.97 Å². The molecule has 1 atom stereocenters. The lowest BCUT2D eigenvalue weighted by molar-refractivity contribution is -0.139. The predicted octanol–water partition coefficient (Wildman–Crippen LogP) is 1.40. The smallest absolute Gasteiger partial charge is 0.321 e. The average molecular weight is 296 g/mol. The molecule has 1 aromatic carbocycles. The van der Waals surface area contributed by atoms with Gasteiger partial charge in [0.05, 0.1) is 16.5 Å². The number of aryl methyl sites for hydroxylation is 1. The molecule has 0 aliphatic rings. The summed E-state index contributed by atoms with van der Waals surface area (Å²) in [6.07, 6.45) is 0.760. The molecule has 2 N–H and O–H groups in total. The highest BCUT2D eigenvalue weighted by atomic mass is 32.2. The summed E-state index contributed by atoms with van der Waals surface area (Å²) >= 11 is 0. The van der Waals surface area contributed by atoms with Crippen molar-refractivity contribution in [1.29, 1.82) is 5.26 Å². The van der Waals surface area contributed by atoms with Crippen molar-refractivity contribution in [3.8, 4) is 6.07 Å². The maximum absolute atomic E-state index is 12.1. The molecule has 20 heavy (non-hydrogen) atoms. The van der Waals surface area contributed by atoms with Crippen LogP contribution in [0.1, 0.15) is 30.9 Å². The van der Waals surface area contributed by atoms with Crippen LogP contribution in [-0.2, 0) is 14.8 Å². The summed E-state index contributed by atoms with van der Waals surface area (Å²) in [4.78, 5) is 11.0. The number of rotatable bonds is 6. The number of nitrogens with zero attached hydrogens (tertiary/aromatic N) is 1. The third-order valence-electron chi connectivity index (χ3n) is 2.80. The number of nitrogens with one attached hydrogen (secondary N) is 1. The van der Waals surface area contributed by atoms with Crippen LogP contribution in [-0.4, -0.2) is 25.5 Å².